The lowest BCUT2D eigenvalue weighted by Crippen LogP contribution is -2.01. The second-order valence-electron chi connectivity index (χ2n) is 4.10. The fourth-order valence-electron chi connectivity index (χ4n) is 1.59. The van der Waals surface area contributed by atoms with E-state index < -0.39 is 0 Å². The molecule has 0 atom stereocenters. The van der Waals surface area contributed by atoms with Crippen LogP contribution in [0.25, 0.3) is 0 Å². The van der Waals surface area contributed by atoms with Gasteiger partial charge in [-0.1, -0.05) is 23.4 Å². The van der Waals surface area contributed by atoms with E-state index in [1.165, 1.54) is 5.56 Å². The monoisotopic (exact) mass is 263 g/mol. The lowest BCUT2D eigenvalue weighted by atomic mass is 10.2. The van der Waals surface area contributed by atoms with Crippen LogP contribution in [0.5, 0.6) is 5.75 Å². The Labute approximate surface area is 112 Å². The number of hydrogen-bond donors (Lipinski definition) is 0. The Morgan fingerprint density at radius 1 is 1.28 bits per heavy atom. The van der Waals surface area contributed by atoms with Crippen LogP contribution in [0.2, 0.25) is 0 Å². The lowest BCUT2D eigenvalue weighted by molar-refractivity contribution is 0.341. The van der Waals surface area contributed by atoms with Gasteiger partial charge in [0.2, 0.25) is 0 Å². The number of aryl methyl sites for hydroxylation is 2. The van der Waals surface area contributed by atoms with E-state index in [9.17, 15) is 0 Å². The standard InChI is InChI=1S/C14H17NO2S/c1-11-5-3-4-6-14(11)16-7-8-18-10-13-9-12(2)15-17-13/h3-6,9H,7-8,10H2,1-2H3. The minimum atomic E-state index is 0.711. The molecule has 0 aliphatic rings. The van der Waals surface area contributed by atoms with Gasteiger partial charge >= 0.3 is 0 Å². The molecule has 1 heterocycles. The SMILES string of the molecule is Cc1cc(CSCCOc2ccccc2C)on1. The molecule has 96 valence electrons. The molecule has 0 amide bonds. The van der Waals surface area contributed by atoms with Crippen molar-refractivity contribution in [1.82, 2.24) is 5.16 Å². The molecule has 0 N–H and O–H groups in total. The van der Waals surface area contributed by atoms with E-state index >= 15 is 0 Å². The number of para-hydroxylation sites is 1. The molecule has 1 aromatic carbocycles. The maximum atomic E-state index is 5.71. The summed E-state index contributed by atoms with van der Waals surface area (Å²) < 4.78 is 10.8. The van der Waals surface area contributed by atoms with Crippen LogP contribution in [0.1, 0.15) is 17.0 Å². The number of aromatic nitrogens is 1. The largest absolute Gasteiger partial charge is 0.492 e. The van der Waals surface area contributed by atoms with E-state index in [2.05, 4.69) is 18.1 Å². The number of rotatable bonds is 6. The van der Waals surface area contributed by atoms with E-state index in [-0.39, 0.29) is 0 Å². The van der Waals surface area contributed by atoms with E-state index in [1.807, 2.05) is 31.2 Å². The van der Waals surface area contributed by atoms with Crippen molar-refractivity contribution in [3.8, 4) is 5.75 Å². The third-order valence-corrected chi connectivity index (χ3v) is 3.44. The molecule has 0 saturated carbocycles. The van der Waals surface area contributed by atoms with Crippen LogP contribution in [0.3, 0.4) is 0 Å². The van der Waals surface area contributed by atoms with Gasteiger partial charge in [-0.05, 0) is 25.5 Å². The predicted molar refractivity (Wildman–Crippen MR) is 74.1 cm³/mol. The summed E-state index contributed by atoms with van der Waals surface area (Å²) in [6.07, 6.45) is 0. The minimum Gasteiger partial charge on any atom is -0.492 e. The lowest BCUT2D eigenvalue weighted by Gasteiger charge is -2.07. The topological polar surface area (TPSA) is 35.3 Å². The maximum absolute atomic E-state index is 5.71. The molecule has 0 aliphatic carbocycles. The highest BCUT2D eigenvalue weighted by molar-refractivity contribution is 7.98. The number of ether oxygens (including phenoxy) is 1. The molecule has 18 heavy (non-hydrogen) atoms. The summed E-state index contributed by atoms with van der Waals surface area (Å²) in [5, 5.41) is 3.86. The zero-order valence-electron chi connectivity index (χ0n) is 10.7. The van der Waals surface area contributed by atoms with Crippen molar-refractivity contribution < 1.29 is 9.26 Å². The van der Waals surface area contributed by atoms with Gasteiger partial charge in [-0.3, -0.25) is 0 Å². The van der Waals surface area contributed by atoms with Crippen molar-refractivity contribution in [2.75, 3.05) is 12.4 Å². The van der Waals surface area contributed by atoms with E-state index in [4.69, 9.17) is 9.26 Å². The molecular weight excluding hydrogens is 246 g/mol. The highest BCUT2D eigenvalue weighted by Gasteiger charge is 2.01. The maximum Gasteiger partial charge on any atom is 0.146 e. The van der Waals surface area contributed by atoms with Gasteiger partial charge in [0.05, 0.1) is 18.1 Å². The molecule has 0 fully saturated rings. The van der Waals surface area contributed by atoms with Gasteiger partial charge in [-0.15, -0.1) is 0 Å². The minimum absolute atomic E-state index is 0.711. The van der Waals surface area contributed by atoms with Crippen molar-refractivity contribution in [3.05, 3.63) is 47.3 Å². The molecule has 1 aromatic heterocycles. The summed E-state index contributed by atoms with van der Waals surface area (Å²) in [7, 11) is 0. The molecular formula is C14H17NO2S. The summed E-state index contributed by atoms with van der Waals surface area (Å²) in [6, 6.07) is 10.0. The molecule has 0 bridgehead atoms. The molecule has 2 aromatic rings. The van der Waals surface area contributed by atoms with Gasteiger partial charge in [-0.25, -0.2) is 0 Å². The van der Waals surface area contributed by atoms with Gasteiger partial charge in [-0.2, -0.15) is 11.8 Å². The van der Waals surface area contributed by atoms with Gasteiger partial charge in [0.1, 0.15) is 11.5 Å². The Bertz CT molecular complexity index is 496. The zero-order chi connectivity index (χ0) is 12.8. The molecule has 0 spiro atoms. The van der Waals surface area contributed by atoms with Crippen LogP contribution in [0.15, 0.2) is 34.9 Å². The second-order valence-corrected chi connectivity index (χ2v) is 5.21. The van der Waals surface area contributed by atoms with Crippen molar-refractivity contribution in [1.29, 1.82) is 0 Å². The fourth-order valence-corrected chi connectivity index (χ4v) is 2.27. The molecule has 0 unspecified atom stereocenters. The van der Waals surface area contributed by atoms with Gasteiger partial charge in [0.15, 0.2) is 0 Å². The molecule has 3 nitrogen and oxygen atoms in total. The first-order valence-corrected chi connectivity index (χ1v) is 7.09. The third-order valence-electron chi connectivity index (χ3n) is 2.50. The molecule has 0 radical (unpaired) electrons. The Balaban J connectivity index is 1.66. The molecule has 0 saturated heterocycles. The summed E-state index contributed by atoms with van der Waals surface area (Å²) in [4.78, 5) is 0. The highest BCUT2D eigenvalue weighted by Crippen LogP contribution is 2.17. The summed E-state index contributed by atoms with van der Waals surface area (Å²) in [5.74, 6) is 3.67. The van der Waals surface area contributed by atoms with Gasteiger partial charge in [0.25, 0.3) is 0 Å². The van der Waals surface area contributed by atoms with Gasteiger partial charge < -0.3 is 9.26 Å². The normalized spacial score (nSPS) is 10.6. The second kappa shape index (κ2) is 6.50. The van der Waals surface area contributed by atoms with E-state index in [1.54, 1.807) is 11.8 Å². The number of benzene rings is 1. The van der Waals surface area contributed by atoms with Crippen molar-refractivity contribution in [2.45, 2.75) is 19.6 Å². The Morgan fingerprint density at radius 3 is 2.83 bits per heavy atom. The fraction of sp³-hybridized carbons (Fsp3) is 0.357. The van der Waals surface area contributed by atoms with Gasteiger partial charge in [0, 0.05) is 11.8 Å². The van der Waals surface area contributed by atoms with Crippen LogP contribution >= 0.6 is 11.8 Å². The van der Waals surface area contributed by atoms with Crippen LogP contribution in [0.4, 0.5) is 0 Å². The summed E-state index contributed by atoms with van der Waals surface area (Å²) in [5.41, 5.74) is 2.11. The zero-order valence-corrected chi connectivity index (χ0v) is 11.5. The smallest absolute Gasteiger partial charge is 0.146 e. The van der Waals surface area contributed by atoms with Crippen LogP contribution in [-0.4, -0.2) is 17.5 Å². The third kappa shape index (κ3) is 3.81. The molecule has 2 rings (SSSR count). The first-order chi connectivity index (χ1) is 8.75. The average Bonchev–Trinajstić information content (AvgIpc) is 2.77. The summed E-state index contributed by atoms with van der Waals surface area (Å²) in [6.45, 7) is 4.70. The van der Waals surface area contributed by atoms with Crippen molar-refractivity contribution >= 4 is 11.8 Å². The number of nitrogens with zero attached hydrogens (tertiary/aromatic N) is 1. The average molecular weight is 263 g/mol. The van der Waals surface area contributed by atoms with Crippen LogP contribution in [-0.2, 0) is 5.75 Å². The summed E-state index contributed by atoms with van der Waals surface area (Å²) >= 11 is 1.79. The van der Waals surface area contributed by atoms with Crippen molar-refractivity contribution in [2.24, 2.45) is 0 Å². The highest BCUT2D eigenvalue weighted by atomic mass is 32.2. The number of thioether (sulfide) groups is 1. The van der Waals surface area contributed by atoms with E-state index in [0.717, 1.165) is 28.7 Å². The van der Waals surface area contributed by atoms with Crippen LogP contribution in [0, 0.1) is 13.8 Å². The van der Waals surface area contributed by atoms with E-state index in [0.29, 0.717) is 6.61 Å². The predicted octanol–water partition coefficient (Wildman–Crippen LogP) is 3.60. The molecule has 0 aliphatic heterocycles. The van der Waals surface area contributed by atoms with Crippen molar-refractivity contribution in [3.63, 3.8) is 0 Å². The quantitative estimate of drug-likeness (QED) is 0.746. The van der Waals surface area contributed by atoms with Crippen LogP contribution < -0.4 is 4.74 Å². The number of hydrogen-bond acceptors (Lipinski definition) is 4. The Kier molecular flexibility index (Phi) is 4.70. The first-order valence-electron chi connectivity index (χ1n) is 5.94. The first kappa shape index (κ1) is 13.0. The Morgan fingerprint density at radius 2 is 2.11 bits per heavy atom. The Hall–Kier alpha value is -1.42. The molecule has 4 heteroatoms.